The highest BCUT2D eigenvalue weighted by atomic mass is 28.4. The predicted molar refractivity (Wildman–Crippen MR) is 156 cm³/mol. The van der Waals surface area contributed by atoms with Gasteiger partial charge in [0.1, 0.15) is 22.8 Å². The minimum atomic E-state index is -2.09. The lowest BCUT2D eigenvalue weighted by atomic mass is 10.0. The molecule has 0 radical (unpaired) electrons. The zero-order valence-electron chi connectivity index (χ0n) is 23.1. The van der Waals surface area contributed by atoms with Crippen LogP contribution in [0.4, 0.5) is 0 Å². The molecule has 0 atom stereocenters. The molecule has 0 bridgehead atoms. The topological polar surface area (TPSA) is 44.8 Å². The lowest BCUT2D eigenvalue weighted by Gasteiger charge is -2.33. The smallest absolute Gasteiger partial charge is 0.347 e. The maximum Gasteiger partial charge on any atom is 0.347 e. The molecular formula is C30H42O4Si2. The molecule has 0 fully saturated rings. The molecule has 3 aromatic carbocycles. The zero-order chi connectivity index (χ0) is 26.3. The summed E-state index contributed by atoms with van der Waals surface area (Å²) in [6.45, 7) is 15.4. The van der Waals surface area contributed by atoms with Crippen molar-refractivity contribution < 1.29 is 18.4 Å². The molecule has 0 saturated heterocycles. The van der Waals surface area contributed by atoms with Crippen LogP contribution in [0.2, 0.25) is 36.3 Å². The first-order valence-electron chi connectivity index (χ1n) is 13.5. The van der Waals surface area contributed by atoms with Crippen molar-refractivity contribution in [2.75, 3.05) is 0 Å². The first kappa shape index (κ1) is 28.0. The van der Waals surface area contributed by atoms with E-state index in [2.05, 4.69) is 60.6 Å². The van der Waals surface area contributed by atoms with Crippen LogP contribution in [0.3, 0.4) is 0 Å². The Bertz CT molecular complexity index is 1150. The van der Waals surface area contributed by atoms with Gasteiger partial charge in [-0.25, -0.2) is 4.79 Å². The van der Waals surface area contributed by atoms with Gasteiger partial charge >= 0.3 is 5.97 Å². The van der Waals surface area contributed by atoms with Crippen LogP contribution in [-0.4, -0.2) is 22.6 Å². The molecule has 0 aliphatic heterocycles. The van der Waals surface area contributed by atoms with Gasteiger partial charge in [0.2, 0.25) is 0 Å². The van der Waals surface area contributed by atoms with Crippen LogP contribution in [0.5, 0.6) is 17.2 Å². The molecule has 3 aromatic rings. The second-order valence-electron chi connectivity index (χ2n) is 9.64. The first-order chi connectivity index (χ1) is 17.3. The highest BCUT2D eigenvalue weighted by Crippen LogP contribution is 2.43. The number of carbonyl (C=O) groups excluding carboxylic acids is 1. The molecule has 0 spiro atoms. The molecule has 6 heteroatoms. The number of aryl methyl sites for hydroxylation is 1. The van der Waals surface area contributed by atoms with Crippen LogP contribution in [-0.2, 0) is 0 Å². The molecule has 0 aliphatic rings. The number of rotatable bonds is 12. The van der Waals surface area contributed by atoms with E-state index in [4.69, 9.17) is 13.6 Å². The van der Waals surface area contributed by atoms with Crippen LogP contribution >= 0.6 is 0 Å². The Hall–Kier alpha value is -2.58. The molecule has 3 rings (SSSR count). The van der Waals surface area contributed by atoms with E-state index < -0.39 is 22.6 Å². The van der Waals surface area contributed by atoms with Crippen LogP contribution < -0.4 is 13.6 Å². The summed E-state index contributed by atoms with van der Waals surface area (Å²) < 4.78 is 19.8. The van der Waals surface area contributed by atoms with Crippen molar-refractivity contribution in [3.05, 3.63) is 65.7 Å². The molecule has 0 aromatic heterocycles. The Morgan fingerprint density at radius 3 is 1.83 bits per heavy atom. The standard InChI is InChI=1S/C30H42O4Si2/c1-8-35(9-2,10-3)33-27-22-26(30(31)32-24-19-15-14-16-20-24)29(34-36(11-4,12-5)13-6)25-21-17-18-23(7)28(25)27/h14-22H,8-13H2,1-7H3. The van der Waals surface area contributed by atoms with E-state index in [9.17, 15) is 4.79 Å². The Morgan fingerprint density at radius 1 is 0.722 bits per heavy atom. The van der Waals surface area contributed by atoms with E-state index in [0.717, 1.165) is 58.3 Å². The normalized spacial score (nSPS) is 12.0. The van der Waals surface area contributed by atoms with Crippen molar-refractivity contribution in [3.63, 3.8) is 0 Å². The average Bonchev–Trinajstić information content (AvgIpc) is 2.91. The minimum Gasteiger partial charge on any atom is -0.543 e. The number of hydrogen-bond acceptors (Lipinski definition) is 4. The van der Waals surface area contributed by atoms with E-state index in [1.807, 2.05) is 30.3 Å². The average molecular weight is 523 g/mol. The molecule has 0 amide bonds. The zero-order valence-corrected chi connectivity index (χ0v) is 25.1. The lowest BCUT2D eigenvalue weighted by Crippen LogP contribution is -2.40. The Balaban J connectivity index is 2.30. The lowest BCUT2D eigenvalue weighted by molar-refractivity contribution is 0.0732. The SMILES string of the molecule is CC[Si](CC)(CC)Oc1c(C(=O)Oc2ccccc2)cc(O[Si](CC)(CC)CC)c2c(C)cccc12. The first-order valence-corrected chi connectivity index (χ1v) is 18.6. The Morgan fingerprint density at radius 2 is 1.28 bits per heavy atom. The summed E-state index contributed by atoms with van der Waals surface area (Å²) in [5.41, 5.74) is 1.57. The van der Waals surface area contributed by atoms with Crippen molar-refractivity contribution in [3.8, 4) is 17.2 Å². The fraction of sp³-hybridized carbons (Fsp3) is 0.433. The molecule has 0 N–H and O–H groups in total. The highest BCUT2D eigenvalue weighted by molar-refractivity contribution is 6.75. The Kier molecular flexibility index (Phi) is 9.42. The molecule has 0 heterocycles. The monoisotopic (exact) mass is 522 g/mol. The molecular weight excluding hydrogens is 480 g/mol. The number of carbonyl (C=O) groups is 1. The van der Waals surface area contributed by atoms with Crippen molar-refractivity contribution in [1.29, 1.82) is 0 Å². The number of benzene rings is 3. The largest absolute Gasteiger partial charge is 0.543 e. The minimum absolute atomic E-state index is 0.410. The highest BCUT2D eigenvalue weighted by Gasteiger charge is 2.36. The van der Waals surface area contributed by atoms with Gasteiger partial charge in [-0.1, -0.05) is 77.9 Å². The van der Waals surface area contributed by atoms with Crippen molar-refractivity contribution in [2.45, 2.75) is 84.7 Å². The summed E-state index contributed by atoms with van der Waals surface area (Å²) in [5, 5.41) is 1.98. The third-order valence-corrected chi connectivity index (χ3v) is 17.0. The van der Waals surface area contributed by atoms with E-state index in [0.29, 0.717) is 17.1 Å². The predicted octanol–water partition coefficient (Wildman–Crippen LogP) is 9.14. The molecule has 4 nitrogen and oxygen atoms in total. The second kappa shape index (κ2) is 12.1. The van der Waals surface area contributed by atoms with Gasteiger partial charge in [0.25, 0.3) is 16.6 Å². The van der Waals surface area contributed by atoms with Crippen molar-refractivity contribution in [1.82, 2.24) is 0 Å². The molecule has 0 unspecified atom stereocenters. The van der Waals surface area contributed by atoms with Crippen LogP contribution in [0.15, 0.2) is 54.6 Å². The summed E-state index contributed by atoms with van der Waals surface area (Å²) in [4.78, 5) is 13.7. The molecule has 194 valence electrons. The van der Waals surface area contributed by atoms with Crippen molar-refractivity contribution in [2.24, 2.45) is 0 Å². The van der Waals surface area contributed by atoms with Gasteiger partial charge in [-0.2, -0.15) is 0 Å². The summed E-state index contributed by atoms with van der Waals surface area (Å²) in [5.74, 6) is 1.54. The van der Waals surface area contributed by atoms with Crippen molar-refractivity contribution >= 4 is 33.4 Å². The number of hydrogen-bond donors (Lipinski definition) is 0. The van der Waals surface area contributed by atoms with Gasteiger partial charge < -0.3 is 13.6 Å². The third kappa shape index (κ3) is 5.70. The number of ether oxygens (including phenoxy) is 1. The van der Waals surface area contributed by atoms with Gasteiger partial charge in [-0.3, -0.25) is 0 Å². The molecule has 36 heavy (non-hydrogen) atoms. The summed E-state index contributed by atoms with van der Waals surface area (Å²) in [6, 6.07) is 23.4. The quantitative estimate of drug-likeness (QED) is 0.135. The Labute approximate surface area is 219 Å². The van der Waals surface area contributed by atoms with E-state index in [1.54, 1.807) is 12.1 Å². The number of esters is 1. The van der Waals surface area contributed by atoms with Crippen LogP contribution in [0.1, 0.15) is 57.5 Å². The summed E-state index contributed by atoms with van der Waals surface area (Å²) in [7, 11) is -4.09. The van der Waals surface area contributed by atoms with Gasteiger partial charge in [-0.15, -0.1) is 0 Å². The number of fused-ring (bicyclic) bond motifs is 1. The molecule has 0 saturated carbocycles. The third-order valence-electron chi connectivity index (χ3n) is 7.97. The maximum absolute atomic E-state index is 13.7. The summed E-state index contributed by atoms with van der Waals surface area (Å²) in [6.07, 6.45) is 0. The van der Waals surface area contributed by atoms with E-state index >= 15 is 0 Å². The summed E-state index contributed by atoms with van der Waals surface area (Å²) >= 11 is 0. The van der Waals surface area contributed by atoms with Crippen LogP contribution in [0, 0.1) is 6.92 Å². The van der Waals surface area contributed by atoms with Gasteiger partial charge in [0.15, 0.2) is 0 Å². The second-order valence-corrected chi connectivity index (χ2v) is 19.0. The van der Waals surface area contributed by atoms with Crippen LogP contribution in [0.25, 0.3) is 10.8 Å². The number of para-hydroxylation sites is 1. The fourth-order valence-corrected chi connectivity index (χ4v) is 10.1. The maximum atomic E-state index is 13.7. The van der Waals surface area contributed by atoms with Gasteiger partial charge in [-0.05, 0) is 67.0 Å². The van der Waals surface area contributed by atoms with Gasteiger partial charge in [0, 0.05) is 10.8 Å². The van der Waals surface area contributed by atoms with E-state index in [-0.39, 0.29) is 0 Å². The van der Waals surface area contributed by atoms with Gasteiger partial charge in [0.05, 0.1) is 0 Å². The van der Waals surface area contributed by atoms with E-state index in [1.165, 1.54) is 0 Å². The fourth-order valence-electron chi connectivity index (χ4n) is 4.97. The molecule has 0 aliphatic carbocycles.